The first-order valence-electron chi connectivity index (χ1n) is 7.56. The molecule has 1 aromatic rings. The van der Waals surface area contributed by atoms with Gasteiger partial charge in [0.1, 0.15) is 5.82 Å². The summed E-state index contributed by atoms with van der Waals surface area (Å²) in [6.07, 6.45) is 1.76. The summed E-state index contributed by atoms with van der Waals surface area (Å²) in [6, 6.07) is -0.169. The van der Waals surface area contributed by atoms with Crippen LogP contribution >= 0.6 is 0 Å². The number of hydrogen-bond acceptors (Lipinski definition) is 7. The van der Waals surface area contributed by atoms with Crippen LogP contribution in [0.2, 0.25) is 0 Å². The number of methoxy groups -OCH3 is 1. The van der Waals surface area contributed by atoms with Gasteiger partial charge in [-0.2, -0.15) is 0 Å². The van der Waals surface area contributed by atoms with E-state index in [4.69, 9.17) is 9.47 Å². The molecule has 0 fully saturated rings. The van der Waals surface area contributed by atoms with Crippen molar-refractivity contribution in [3.05, 3.63) is 21.9 Å². The predicted octanol–water partition coefficient (Wildman–Crippen LogP) is 0.441. The first kappa shape index (κ1) is 17.3. The number of ether oxygens (including phenoxy) is 2. The molecule has 0 radical (unpaired) electrons. The number of nitrogens with one attached hydrogen (secondary N) is 1. The van der Waals surface area contributed by atoms with E-state index < -0.39 is 11.5 Å². The molecule has 2 rings (SSSR count). The zero-order valence-electron chi connectivity index (χ0n) is 13.5. The molecule has 0 spiro atoms. The molecule has 1 aromatic heterocycles. The Morgan fingerprint density at radius 1 is 1.48 bits per heavy atom. The van der Waals surface area contributed by atoms with Gasteiger partial charge < -0.3 is 14.8 Å². The summed E-state index contributed by atoms with van der Waals surface area (Å²) >= 11 is 0. The highest BCUT2D eigenvalue weighted by Crippen LogP contribution is 2.25. The SMILES string of the molecule is CCNC1CCC(OC)Cn2c1nc(C=O)c(OC(C)=O)c2=O. The molecule has 0 aromatic carbocycles. The maximum absolute atomic E-state index is 12.7. The molecule has 8 nitrogen and oxygen atoms in total. The van der Waals surface area contributed by atoms with E-state index in [1.54, 1.807) is 7.11 Å². The highest BCUT2D eigenvalue weighted by Gasteiger charge is 2.29. The van der Waals surface area contributed by atoms with E-state index in [-0.39, 0.29) is 23.6 Å². The van der Waals surface area contributed by atoms with Crippen molar-refractivity contribution in [2.24, 2.45) is 0 Å². The lowest BCUT2D eigenvalue weighted by atomic mass is 10.1. The van der Waals surface area contributed by atoms with E-state index in [1.807, 2.05) is 6.92 Å². The fourth-order valence-electron chi connectivity index (χ4n) is 2.74. The lowest BCUT2D eigenvalue weighted by Crippen LogP contribution is -2.34. The monoisotopic (exact) mass is 323 g/mol. The van der Waals surface area contributed by atoms with Crippen LogP contribution in [0.25, 0.3) is 0 Å². The van der Waals surface area contributed by atoms with Crippen LogP contribution in [-0.2, 0) is 16.1 Å². The topological polar surface area (TPSA) is 99.5 Å². The third kappa shape index (κ3) is 3.65. The number of carbonyl (C=O) groups is 2. The zero-order valence-corrected chi connectivity index (χ0v) is 13.5. The van der Waals surface area contributed by atoms with Gasteiger partial charge in [0.25, 0.3) is 5.56 Å². The van der Waals surface area contributed by atoms with Crippen LogP contribution in [0.15, 0.2) is 4.79 Å². The Morgan fingerprint density at radius 2 is 2.22 bits per heavy atom. The number of carbonyl (C=O) groups excluding carboxylic acids is 2. The van der Waals surface area contributed by atoms with Crippen molar-refractivity contribution in [3.63, 3.8) is 0 Å². The molecule has 126 valence electrons. The number of aromatic nitrogens is 2. The van der Waals surface area contributed by atoms with Crippen molar-refractivity contribution in [1.82, 2.24) is 14.9 Å². The Balaban J connectivity index is 2.62. The van der Waals surface area contributed by atoms with Gasteiger partial charge >= 0.3 is 5.97 Å². The Kier molecular flexibility index (Phi) is 5.62. The Labute approximate surface area is 133 Å². The number of hydrogen-bond donors (Lipinski definition) is 1. The van der Waals surface area contributed by atoms with Gasteiger partial charge in [-0.15, -0.1) is 0 Å². The van der Waals surface area contributed by atoms with Crippen molar-refractivity contribution in [2.45, 2.75) is 45.4 Å². The molecule has 1 aliphatic rings. The lowest BCUT2D eigenvalue weighted by molar-refractivity contribution is -0.132. The molecule has 2 unspecified atom stereocenters. The van der Waals surface area contributed by atoms with Gasteiger partial charge in [0.2, 0.25) is 5.75 Å². The van der Waals surface area contributed by atoms with E-state index in [0.717, 1.165) is 12.8 Å². The summed E-state index contributed by atoms with van der Waals surface area (Å²) in [4.78, 5) is 39.4. The summed E-state index contributed by atoms with van der Waals surface area (Å²) in [6.45, 7) is 4.12. The second-order valence-electron chi connectivity index (χ2n) is 5.36. The number of nitrogens with zero attached hydrogens (tertiary/aromatic N) is 2. The smallest absolute Gasteiger partial charge is 0.308 e. The van der Waals surface area contributed by atoms with Crippen molar-refractivity contribution in [2.75, 3.05) is 13.7 Å². The molecule has 0 amide bonds. The minimum Gasteiger partial charge on any atom is -0.418 e. The largest absolute Gasteiger partial charge is 0.418 e. The minimum absolute atomic E-state index is 0.149. The van der Waals surface area contributed by atoms with Gasteiger partial charge in [-0.25, -0.2) is 4.98 Å². The normalized spacial score (nSPS) is 20.5. The molecule has 2 atom stereocenters. The molecule has 0 saturated carbocycles. The highest BCUT2D eigenvalue weighted by atomic mass is 16.5. The number of fused-ring (bicyclic) bond motifs is 1. The first-order chi connectivity index (χ1) is 11.0. The standard InChI is InChI=1S/C15H21N3O5/c1-4-16-11-6-5-10(22-3)7-18-14(11)17-12(8-19)13(15(18)21)23-9(2)20/h8,10-11,16H,4-7H2,1-3H3. The minimum atomic E-state index is -0.673. The van der Waals surface area contributed by atoms with E-state index in [9.17, 15) is 14.4 Å². The van der Waals surface area contributed by atoms with Crippen LogP contribution in [0.1, 0.15) is 49.0 Å². The first-order valence-corrected chi connectivity index (χ1v) is 7.56. The molecule has 1 N–H and O–H groups in total. The third-order valence-electron chi connectivity index (χ3n) is 3.80. The van der Waals surface area contributed by atoms with Crippen LogP contribution in [0.5, 0.6) is 5.75 Å². The van der Waals surface area contributed by atoms with Crippen LogP contribution in [0, 0.1) is 0 Å². The average Bonchev–Trinajstić information content (AvgIpc) is 2.70. The molecule has 2 heterocycles. The summed E-state index contributed by atoms with van der Waals surface area (Å²) in [5.41, 5.74) is -0.700. The van der Waals surface area contributed by atoms with Crippen LogP contribution in [-0.4, -0.2) is 41.6 Å². The van der Waals surface area contributed by atoms with Crippen molar-refractivity contribution < 1.29 is 19.1 Å². The second kappa shape index (κ2) is 7.47. The van der Waals surface area contributed by atoms with Gasteiger partial charge in [0.05, 0.1) is 18.7 Å². The number of rotatable bonds is 5. The average molecular weight is 323 g/mol. The maximum Gasteiger partial charge on any atom is 0.308 e. The molecule has 0 aliphatic carbocycles. The van der Waals surface area contributed by atoms with E-state index in [2.05, 4.69) is 10.3 Å². The van der Waals surface area contributed by atoms with Gasteiger partial charge in [-0.05, 0) is 19.4 Å². The quantitative estimate of drug-likeness (QED) is 0.620. The summed E-state index contributed by atoms with van der Waals surface area (Å²) in [5, 5.41) is 3.26. The summed E-state index contributed by atoms with van der Waals surface area (Å²) in [7, 11) is 1.59. The molecule has 0 saturated heterocycles. The van der Waals surface area contributed by atoms with Gasteiger partial charge in [-0.3, -0.25) is 19.0 Å². The van der Waals surface area contributed by atoms with E-state index in [1.165, 1.54) is 11.5 Å². The summed E-state index contributed by atoms with van der Waals surface area (Å²) in [5.74, 6) is -0.537. The Bertz CT molecular complexity index is 655. The molecule has 0 bridgehead atoms. The fraction of sp³-hybridized carbons (Fsp3) is 0.600. The van der Waals surface area contributed by atoms with Crippen molar-refractivity contribution in [3.8, 4) is 5.75 Å². The van der Waals surface area contributed by atoms with Gasteiger partial charge in [-0.1, -0.05) is 6.92 Å². The number of esters is 1. The van der Waals surface area contributed by atoms with Crippen LogP contribution in [0.3, 0.4) is 0 Å². The molecular formula is C15H21N3O5. The Hall–Kier alpha value is -2.06. The second-order valence-corrected chi connectivity index (χ2v) is 5.36. The van der Waals surface area contributed by atoms with Gasteiger partial charge in [0.15, 0.2) is 12.0 Å². The molecular weight excluding hydrogens is 302 g/mol. The molecule has 8 heteroatoms. The van der Waals surface area contributed by atoms with E-state index in [0.29, 0.717) is 25.2 Å². The van der Waals surface area contributed by atoms with Crippen LogP contribution < -0.4 is 15.6 Å². The third-order valence-corrected chi connectivity index (χ3v) is 3.80. The van der Waals surface area contributed by atoms with E-state index >= 15 is 0 Å². The highest BCUT2D eigenvalue weighted by molar-refractivity contribution is 5.79. The van der Waals surface area contributed by atoms with Gasteiger partial charge in [0, 0.05) is 14.0 Å². The van der Waals surface area contributed by atoms with Crippen LogP contribution in [0.4, 0.5) is 0 Å². The van der Waals surface area contributed by atoms with Crippen molar-refractivity contribution in [1.29, 1.82) is 0 Å². The molecule has 23 heavy (non-hydrogen) atoms. The Morgan fingerprint density at radius 3 is 2.78 bits per heavy atom. The lowest BCUT2D eigenvalue weighted by Gasteiger charge is -2.19. The zero-order chi connectivity index (χ0) is 17.0. The fourth-order valence-corrected chi connectivity index (χ4v) is 2.74. The predicted molar refractivity (Wildman–Crippen MR) is 81.6 cm³/mol. The van der Waals surface area contributed by atoms with Crippen molar-refractivity contribution >= 4 is 12.3 Å². The number of aldehydes is 1. The molecule has 1 aliphatic heterocycles. The maximum atomic E-state index is 12.7. The summed E-state index contributed by atoms with van der Waals surface area (Å²) < 4.78 is 11.7.